The van der Waals surface area contributed by atoms with E-state index in [1.165, 1.54) is 7.11 Å². The molecule has 5 heteroatoms. The number of rotatable bonds is 3. The van der Waals surface area contributed by atoms with Gasteiger partial charge in [-0.1, -0.05) is 0 Å². The quantitative estimate of drug-likeness (QED) is 0.838. The number of nitrogens with one attached hydrogen (secondary N) is 1. The average molecular weight is 302 g/mol. The maximum Gasteiger partial charge on any atom is 0.338 e. The highest BCUT2D eigenvalue weighted by molar-refractivity contribution is 5.95. The number of amides is 1. The van der Waals surface area contributed by atoms with Crippen molar-refractivity contribution < 1.29 is 14.3 Å². The van der Waals surface area contributed by atoms with Crippen LogP contribution in [0.3, 0.4) is 0 Å². The molecule has 2 aliphatic rings. The minimum Gasteiger partial charge on any atom is -0.465 e. The topological polar surface area (TPSA) is 81.4 Å². The Bertz CT molecular complexity index is 612. The monoisotopic (exact) mass is 302 g/mol. The standard InChI is InChI=1S/C17H22N2O3/c1-9-7-12(5-6-13(9)17(21)22-2)19-16(20)14-10-3-4-11(8-10)15(14)18/h5-7,10-11,14-15H,3-4,8,18H2,1-2H3,(H,19,20). The van der Waals surface area contributed by atoms with Crippen LogP contribution in [0.2, 0.25) is 0 Å². The first kappa shape index (κ1) is 15.0. The van der Waals surface area contributed by atoms with Gasteiger partial charge in [0.15, 0.2) is 0 Å². The summed E-state index contributed by atoms with van der Waals surface area (Å²) < 4.78 is 4.72. The summed E-state index contributed by atoms with van der Waals surface area (Å²) in [6.45, 7) is 1.82. The molecule has 1 amide bonds. The second-order valence-corrected chi connectivity index (χ2v) is 6.45. The molecule has 22 heavy (non-hydrogen) atoms. The molecule has 2 fully saturated rings. The molecular weight excluding hydrogens is 280 g/mol. The van der Waals surface area contributed by atoms with Gasteiger partial charge in [0.25, 0.3) is 0 Å². The van der Waals surface area contributed by atoms with Gasteiger partial charge in [0.1, 0.15) is 0 Å². The molecule has 5 nitrogen and oxygen atoms in total. The first-order valence-electron chi connectivity index (χ1n) is 7.76. The Hall–Kier alpha value is -1.88. The minimum atomic E-state index is -0.370. The summed E-state index contributed by atoms with van der Waals surface area (Å²) in [4.78, 5) is 24.1. The Morgan fingerprint density at radius 2 is 2.00 bits per heavy atom. The van der Waals surface area contributed by atoms with Gasteiger partial charge in [0, 0.05) is 11.7 Å². The number of hydrogen-bond donors (Lipinski definition) is 2. The van der Waals surface area contributed by atoms with Crippen LogP contribution in [0.1, 0.15) is 35.2 Å². The normalized spacial score (nSPS) is 29.4. The van der Waals surface area contributed by atoms with Crippen molar-refractivity contribution in [3.8, 4) is 0 Å². The number of carbonyl (C=O) groups excluding carboxylic acids is 2. The highest BCUT2D eigenvalue weighted by Crippen LogP contribution is 2.47. The molecule has 3 N–H and O–H groups in total. The Morgan fingerprint density at radius 1 is 1.27 bits per heavy atom. The summed E-state index contributed by atoms with van der Waals surface area (Å²) in [5, 5.41) is 2.95. The Labute approximate surface area is 130 Å². The number of nitrogens with two attached hydrogens (primary N) is 1. The first-order chi connectivity index (χ1) is 10.5. The summed E-state index contributed by atoms with van der Waals surface area (Å²) >= 11 is 0. The Kier molecular flexibility index (Phi) is 3.91. The lowest BCUT2D eigenvalue weighted by Crippen LogP contribution is -2.42. The molecular formula is C17H22N2O3. The molecule has 1 aromatic carbocycles. The summed E-state index contributed by atoms with van der Waals surface area (Å²) in [5.41, 5.74) is 8.20. The highest BCUT2D eigenvalue weighted by atomic mass is 16.5. The number of aryl methyl sites for hydroxylation is 1. The van der Waals surface area contributed by atoms with E-state index in [0.717, 1.165) is 24.8 Å². The van der Waals surface area contributed by atoms with E-state index >= 15 is 0 Å². The summed E-state index contributed by atoms with van der Waals surface area (Å²) in [6.07, 6.45) is 3.35. The molecule has 0 aromatic heterocycles. The molecule has 0 radical (unpaired) electrons. The van der Waals surface area contributed by atoms with Gasteiger partial charge in [-0.15, -0.1) is 0 Å². The van der Waals surface area contributed by atoms with Crippen LogP contribution in [-0.4, -0.2) is 25.0 Å². The number of hydrogen-bond acceptors (Lipinski definition) is 4. The first-order valence-corrected chi connectivity index (χ1v) is 7.76. The van der Waals surface area contributed by atoms with Crippen molar-refractivity contribution >= 4 is 17.6 Å². The van der Waals surface area contributed by atoms with Crippen molar-refractivity contribution in [1.82, 2.24) is 0 Å². The third kappa shape index (κ3) is 2.50. The van der Waals surface area contributed by atoms with Crippen molar-refractivity contribution in [2.45, 2.75) is 32.2 Å². The van der Waals surface area contributed by atoms with Crippen molar-refractivity contribution in [2.24, 2.45) is 23.5 Å². The lowest BCUT2D eigenvalue weighted by atomic mass is 9.84. The number of carbonyl (C=O) groups is 2. The summed E-state index contributed by atoms with van der Waals surface area (Å²) in [6, 6.07) is 5.19. The van der Waals surface area contributed by atoms with Gasteiger partial charge in [0.2, 0.25) is 5.91 Å². The van der Waals surface area contributed by atoms with Crippen LogP contribution in [0.25, 0.3) is 0 Å². The minimum absolute atomic E-state index is 0.00455. The third-order valence-electron chi connectivity index (χ3n) is 5.18. The van der Waals surface area contributed by atoms with Crippen LogP contribution in [0.15, 0.2) is 18.2 Å². The van der Waals surface area contributed by atoms with Gasteiger partial charge in [-0.3, -0.25) is 4.79 Å². The number of ether oxygens (including phenoxy) is 1. The number of benzene rings is 1. The second-order valence-electron chi connectivity index (χ2n) is 6.45. The van der Waals surface area contributed by atoms with Crippen LogP contribution in [0, 0.1) is 24.7 Å². The van der Waals surface area contributed by atoms with Gasteiger partial charge in [-0.25, -0.2) is 4.79 Å². The van der Waals surface area contributed by atoms with Crippen LogP contribution in [-0.2, 0) is 9.53 Å². The van der Waals surface area contributed by atoms with Crippen LogP contribution < -0.4 is 11.1 Å². The zero-order chi connectivity index (χ0) is 15.9. The van der Waals surface area contributed by atoms with Crippen molar-refractivity contribution in [3.63, 3.8) is 0 Å². The molecule has 118 valence electrons. The zero-order valence-electron chi connectivity index (χ0n) is 13.0. The molecule has 2 saturated carbocycles. The SMILES string of the molecule is COC(=O)c1ccc(NC(=O)C2C3CCC(C3)C2N)cc1C. The lowest BCUT2D eigenvalue weighted by Gasteiger charge is -2.27. The van der Waals surface area contributed by atoms with E-state index in [9.17, 15) is 9.59 Å². The molecule has 4 atom stereocenters. The molecule has 2 aliphatic carbocycles. The van der Waals surface area contributed by atoms with E-state index in [4.69, 9.17) is 10.5 Å². The largest absolute Gasteiger partial charge is 0.465 e. The molecule has 0 spiro atoms. The van der Waals surface area contributed by atoms with Crippen molar-refractivity contribution in [1.29, 1.82) is 0 Å². The van der Waals surface area contributed by atoms with Gasteiger partial charge in [-0.2, -0.15) is 0 Å². The van der Waals surface area contributed by atoms with E-state index in [0.29, 0.717) is 23.1 Å². The number of methoxy groups -OCH3 is 1. The van der Waals surface area contributed by atoms with Crippen LogP contribution in [0.4, 0.5) is 5.69 Å². The predicted octanol–water partition coefficient (Wildman–Crippen LogP) is 2.09. The average Bonchev–Trinajstić information content (AvgIpc) is 3.07. The fraction of sp³-hybridized carbons (Fsp3) is 0.529. The predicted molar refractivity (Wildman–Crippen MR) is 83.4 cm³/mol. The molecule has 1 aromatic rings. The second kappa shape index (κ2) is 5.72. The van der Waals surface area contributed by atoms with Gasteiger partial charge >= 0.3 is 5.97 Å². The highest BCUT2D eigenvalue weighted by Gasteiger charge is 2.49. The number of fused-ring (bicyclic) bond motifs is 2. The van der Waals surface area contributed by atoms with E-state index in [1.54, 1.807) is 18.2 Å². The fourth-order valence-electron chi connectivity index (χ4n) is 4.03. The summed E-state index contributed by atoms with van der Waals surface area (Å²) in [7, 11) is 1.36. The van der Waals surface area contributed by atoms with E-state index < -0.39 is 0 Å². The Morgan fingerprint density at radius 3 is 2.59 bits per heavy atom. The van der Waals surface area contributed by atoms with Gasteiger partial charge in [-0.05, 0) is 61.8 Å². The summed E-state index contributed by atoms with van der Waals surface area (Å²) in [5.74, 6) is 0.481. The van der Waals surface area contributed by atoms with Gasteiger partial charge in [0.05, 0.1) is 18.6 Å². The number of esters is 1. The maximum absolute atomic E-state index is 12.5. The third-order valence-corrected chi connectivity index (χ3v) is 5.18. The Balaban J connectivity index is 1.72. The van der Waals surface area contributed by atoms with Crippen LogP contribution >= 0.6 is 0 Å². The lowest BCUT2D eigenvalue weighted by molar-refractivity contribution is -0.121. The van der Waals surface area contributed by atoms with E-state index in [-0.39, 0.29) is 23.8 Å². The van der Waals surface area contributed by atoms with E-state index in [2.05, 4.69) is 5.32 Å². The molecule has 0 saturated heterocycles. The molecule has 3 rings (SSSR count). The smallest absolute Gasteiger partial charge is 0.338 e. The van der Waals surface area contributed by atoms with E-state index in [1.807, 2.05) is 6.92 Å². The van der Waals surface area contributed by atoms with Crippen molar-refractivity contribution in [2.75, 3.05) is 12.4 Å². The molecule has 0 heterocycles. The fourth-order valence-corrected chi connectivity index (χ4v) is 4.03. The van der Waals surface area contributed by atoms with Crippen molar-refractivity contribution in [3.05, 3.63) is 29.3 Å². The van der Waals surface area contributed by atoms with Crippen LogP contribution in [0.5, 0.6) is 0 Å². The molecule has 2 bridgehead atoms. The molecule has 4 unspecified atom stereocenters. The number of anilines is 1. The van der Waals surface area contributed by atoms with Gasteiger partial charge < -0.3 is 15.8 Å². The zero-order valence-corrected chi connectivity index (χ0v) is 13.0. The molecule has 0 aliphatic heterocycles. The maximum atomic E-state index is 12.5.